The number of nitrogens with one attached hydrogen (secondary N) is 1. The summed E-state index contributed by atoms with van der Waals surface area (Å²) in [6.07, 6.45) is 1.54. The molecular weight excluding hydrogens is 255 g/mol. The minimum absolute atomic E-state index is 0.209. The van der Waals surface area contributed by atoms with Crippen LogP contribution in [0.2, 0.25) is 0 Å². The van der Waals surface area contributed by atoms with Gasteiger partial charge in [0.15, 0.2) is 5.82 Å². The zero-order valence-electron chi connectivity index (χ0n) is 12.3. The lowest BCUT2D eigenvalue weighted by atomic mass is 10.1. The van der Waals surface area contributed by atoms with Gasteiger partial charge in [-0.15, -0.1) is 0 Å². The summed E-state index contributed by atoms with van der Waals surface area (Å²) >= 11 is 0. The van der Waals surface area contributed by atoms with Crippen molar-refractivity contribution in [1.29, 1.82) is 0 Å². The predicted molar refractivity (Wildman–Crippen MR) is 77.5 cm³/mol. The maximum absolute atomic E-state index is 14.1. The second-order valence-corrected chi connectivity index (χ2v) is 4.58. The lowest BCUT2D eigenvalue weighted by molar-refractivity contribution is 0.587. The third-order valence-electron chi connectivity index (χ3n) is 3.22. The fourth-order valence-corrected chi connectivity index (χ4v) is 2.13. The van der Waals surface area contributed by atoms with E-state index in [1.807, 2.05) is 26.8 Å². The molecule has 1 aromatic heterocycles. The third-order valence-corrected chi connectivity index (χ3v) is 3.22. The highest BCUT2D eigenvalue weighted by Gasteiger charge is 2.15. The first-order valence-electron chi connectivity index (χ1n) is 7.14. The first kappa shape index (κ1) is 14.7. The molecule has 0 fully saturated rings. The number of nitrogens with zero attached hydrogens (tertiary/aromatic N) is 3. The summed E-state index contributed by atoms with van der Waals surface area (Å²) in [5.41, 5.74) is 1.41. The van der Waals surface area contributed by atoms with Crippen molar-refractivity contribution in [2.45, 2.75) is 40.2 Å². The maximum Gasteiger partial charge on any atom is 0.151 e. The van der Waals surface area contributed by atoms with Gasteiger partial charge >= 0.3 is 0 Å². The average Bonchev–Trinajstić information content (AvgIpc) is 2.89. The van der Waals surface area contributed by atoms with Crippen LogP contribution in [0.5, 0.6) is 0 Å². The first-order valence-corrected chi connectivity index (χ1v) is 7.14. The standard InChI is InChI=1S/C15H21FN4/c1-4-14-18-15(5-2)20(19-14)13-9-7-8-12(16)11(13)10-17-6-3/h7-9,17H,4-6,10H2,1-3H3. The second-order valence-electron chi connectivity index (χ2n) is 4.58. The van der Waals surface area contributed by atoms with Crippen molar-refractivity contribution in [3.8, 4) is 5.69 Å². The highest BCUT2D eigenvalue weighted by Crippen LogP contribution is 2.19. The number of aryl methyl sites for hydroxylation is 2. The molecule has 0 amide bonds. The van der Waals surface area contributed by atoms with Gasteiger partial charge in [-0.05, 0) is 18.7 Å². The molecule has 1 heterocycles. The molecule has 2 rings (SSSR count). The van der Waals surface area contributed by atoms with Crippen molar-refractivity contribution in [3.63, 3.8) is 0 Å². The Morgan fingerprint density at radius 3 is 2.65 bits per heavy atom. The molecule has 5 heteroatoms. The molecule has 0 saturated carbocycles. The topological polar surface area (TPSA) is 42.7 Å². The molecule has 0 spiro atoms. The molecule has 0 aliphatic carbocycles. The molecule has 0 saturated heterocycles. The average molecular weight is 276 g/mol. The molecule has 0 aliphatic rings. The molecule has 2 aromatic rings. The van der Waals surface area contributed by atoms with Gasteiger partial charge in [-0.25, -0.2) is 14.1 Å². The summed E-state index contributed by atoms with van der Waals surface area (Å²) in [7, 11) is 0. The molecule has 20 heavy (non-hydrogen) atoms. The Hall–Kier alpha value is -1.75. The Kier molecular flexibility index (Phi) is 4.84. The summed E-state index contributed by atoms with van der Waals surface area (Å²) in [5, 5.41) is 7.66. The Labute approximate surface area is 119 Å². The Bertz CT molecular complexity index is 577. The van der Waals surface area contributed by atoms with Gasteiger partial charge in [0, 0.05) is 24.9 Å². The van der Waals surface area contributed by atoms with Gasteiger partial charge in [-0.2, -0.15) is 5.10 Å². The van der Waals surface area contributed by atoms with Gasteiger partial charge in [0.25, 0.3) is 0 Å². The quantitative estimate of drug-likeness (QED) is 0.882. The Morgan fingerprint density at radius 2 is 2.00 bits per heavy atom. The van der Waals surface area contributed by atoms with E-state index in [1.54, 1.807) is 10.7 Å². The monoisotopic (exact) mass is 276 g/mol. The summed E-state index contributed by atoms with van der Waals surface area (Å²) in [4.78, 5) is 4.48. The van der Waals surface area contributed by atoms with Crippen molar-refractivity contribution in [2.24, 2.45) is 0 Å². The number of hydrogen-bond donors (Lipinski definition) is 1. The van der Waals surface area contributed by atoms with E-state index in [0.29, 0.717) is 12.1 Å². The normalized spacial score (nSPS) is 11.0. The minimum atomic E-state index is -0.209. The SMILES string of the molecule is CCNCc1c(F)cccc1-n1nc(CC)nc1CC. The fourth-order valence-electron chi connectivity index (χ4n) is 2.13. The largest absolute Gasteiger partial charge is 0.313 e. The van der Waals surface area contributed by atoms with Crippen molar-refractivity contribution >= 4 is 0 Å². The van der Waals surface area contributed by atoms with Crippen LogP contribution in [0.25, 0.3) is 5.69 Å². The fraction of sp³-hybridized carbons (Fsp3) is 0.467. The predicted octanol–water partition coefficient (Wildman–Crippen LogP) is 2.64. The van der Waals surface area contributed by atoms with Crippen LogP contribution in [-0.2, 0) is 19.4 Å². The Morgan fingerprint density at radius 1 is 1.20 bits per heavy atom. The van der Waals surface area contributed by atoms with Crippen LogP contribution in [0, 0.1) is 5.82 Å². The highest BCUT2D eigenvalue weighted by molar-refractivity contribution is 5.42. The van der Waals surface area contributed by atoms with E-state index < -0.39 is 0 Å². The lowest BCUT2D eigenvalue weighted by Crippen LogP contribution is -2.16. The first-order chi connectivity index (χ1) is 9.71. The summed E-state index contributed by atoms with van der Waals surface area (Å²) < 4.78 is 15.9. The number of aromatic nitrogens is 3. The van der Waals surface area contributed by atoms with Gasteiger partial charge in [0.2, 0.25) is 0 Å². The van der Waals surface area contributed by atoms with E-state index in [1.165, 1.54) is 6.07 Å². The van der Waals surface area contributed by atoms with E-state index in [9.17, 15) is 4.39 Å². The Balaban J connectivity index is 2.51. The zero-order chi connectivity index (χ0) is 14.5. The van der Waals surface area contributed by atoms with E-state index in [0.717, 1.165) is 36.7 Å². The van der Waals surface area contributed by atoms with Gasteiger partial charge in [-0.3, -0.25) is 0 Å². The van der Waals surface area contributed by atoms with Crippen LogP contribution in [0.3, 0.4) is 0 Å². The molecule has 1 N–H and O–H groups in total. The molecule has 0 aliphatic heterocycles. The number of hydrogen-bond acceptors (Lipinski definition) is 3. The summed E-state index contributed by atoms with van der Waals surface area (Å²) in [6.45, 7) is 7.34. The minimum Gasteiger partial charge on any atom is -0.313 e. The maximum atomic E-state index is 14.1. The van der Waals surface area contributed by atoms with Crippen LogP contribution < -0.4 is 5.32 Å². The van der Waals surface area contributed by atoms with Gasteiger partial charge in [0.1, 0.15) is 11.6 Å². The van der Waals surface area contributed by atoms with Crippen LogP contribution in [0.1, 0.15) is 38.0 Å². The number of benzene rings is 1. The van der Waals surface area contributed by atoms with Crippen molar-refractivity contribution in [3.05, 3.63) is 41.2 Å². The molecule has 0 radical (unpaired) electrons. The van der Waals surface area contributed by atoms with Crippen LogP contribution >= 0.6 is 0 Å². The van der Waals surface area contributed by atoms with Crippen LogP contribution in [0.4, 0.5) is 4.39 Å². The van der Waals surface area contributed by atoms with E-state index in [4.69, 9.17) is 0 Å². The second kappa shape index (κ2) is 6.61. The summed E-state index contributed by atoms with van der Waals surface area (Å²) in [6, 6.07) is 5.09. The number of rotatable bonds is 6. The molecule has 0 unspecified atom stereocenters. The molecule has 0 bridgehead atoms. The zero-order valence-corrected chi connectivity index (χ0v) is 12.3. The van der Waals surface area contributed by atoms with E-state index in [-0.39, 0.29) is 5.82 Å². The van der Waals surface area contributed by atoms with Gasteiger partial charge < -0.3 is 5.32 Å². The molecule has 4 nitrogen and oxygen atoms in total. The summed E-state index contributed by atoms with van der Waals surface area (Å²) in [5.74, 6) is 1.45. The molecule has 1 aromatic carbocycles. The van der Waals surface area contributed by atoms with Gasteiger partial charge in [0.05, 0.1) is 5.69 Å². The van der Waals surface area contributed by atoms with Gasteiger partial charge in [-0.1, -0.05) is 26.8 Å². The van der Waals surface area contributed by atoms with Crippen molar-refractivity contribution in [2.75, 3.05) is 6.54 Å². The smallest absolute Gasteiger partial charge is 0.151 e. The van der Waals surface area contributed by atoms with Crippen LogP contribution in [0.15, 0.2) is 18.2 Å². The molecule has 0 atom stereocenters. The third kappa shape index (κ3) is 2.88. The van der Waals surface area contributed by atoms with Crippen LogP contribution in [-0.4, -0.2) is 21.3 Å². The highest BCUT2D eigenvalue weighted by atomic mass is 19.1. The van der Waals surface area contributed by atoms with Crippen molar-refractivity contribution in [1.82, 2.24) is 20.1 Å². The molecule has 108 valence electrons. The number of halogens is 1. The lowest BCUT2D eigenvalue weighted by Gasteiger charge is -2.12. The van der Waals surface area contributed by atoms with E-state index in [2.05, 4.69) is 15.4 Å². The molecular formula is C15H21FN4. The van der Waals surface area contributed by atoms with E-state index >= 15 is 0 Å². The van der Waals surface area contributed by atoms with Crippen molar-refractivity contribution < 1.29 is 4.39 Å².